The van der Waals surface area contributed by atoms with Crippen molar-refractivity contribution < 1.29 is 4.79 Å². The first kappa shape index (κ1) is 18.0. The number of nitrogens with zero attached hydrogens (tertiary/aromatic N) is 6. The smallest absolute Gasteiger partial charge is 0.270 e. The van der Waals surface area contributed by atoms with Crippen LogP contribution in [0.5, 0.6) is 0 Å². The second-order valence-electron chi connectivity index (χ2n) is 6.99. The molecule has 0 aliphatic carbocycles. The lowest BCUT2D eigenvalue weighted by molar-refractivity contribution is 0.0922. The van der Waals surface area contributed by atoms with E-state index in [2.05, 4.69) is 30.2 Å². The molecule has 0 fully saturated rings. The van der Waals surface area contributed by atoms with Gasteiger partial charge in [-0.1, -0.05) is 0 Å². The molecule has 4 aromatic rings. The Labute approximate surface area is 170 Å². The van der Waals surface area contributed by atoms with Crippen molar-refractivity contribution in [3.8, 4) is 11.4 Å². The molecule has 5 rings (SSSR count). The predicted molar refractivity (Wildman–Crippen MR) is 109 cm³/mol. The highest BCUT2D eigenvalue weighted by atomic mass is 16.2. The number of hydrogen-bond acceptors (Lipinski definition) is 7. The Morgan fingerprint density at radius 1 is 1.03 bits per heavy atom. The lowest BCUT2D eigenvalue weighted by Crippen LogP contribution is -2.38. The van der Waals surface area contributed by atoms with Gasteiger partial charge in [0.2, 0.25) is 0 Å². The fourth-order valence-corrected chi connectivity index (χ4v) is 3.62. The molecule has 0 spiro atoms. The minimum absolute atomic E-state index is 0.164. The zero-order chi connectivity index (χ0) is 20.5. The van der Waals surface area contributed by atoms with Crippen LogP contribution in [0.4, 0.5) is 0 Å². The van der Waals surface area contributed by atoms with Crippen LogP contribution in [-0.4, -0.2) is 35.4 Å². The van der Waals surface area contributed by atoms with Crippen molar-refractivity contribution >= 4 is 16.9 Å². The second kappa shape index (κ2) is 7.43. The van der Waals surface area contributed by atoms with E-state index < -0.39 is 6.04 Å². The highest BCUT2D eigenvalue weighted by molar-refractivity contribution is 5.94. The van der Waals surface area contributed by atoms with Crippen LogP contribution in [0.15, 0.2) is 59.9 Å². The quantitative estimate of drug-likeness (QED) is 0.559. The molecule has 30 heavy (non-hydrogen) atoms. The van der Waals surface area contributed by atoms with Gasteiger partial charge in [0.25, 0.3) is 11.5 Å². The molecule has 1 amide bonds. The van der Waals surface area contributed by atoms with E-state index >= 15 is 0 Å². The van der Waals surface area contributed by atoms with Gasteiger partial charge in [-0.2, -0.15) is 0 Å². The number of carbonyl (C=O) groups excluding carboxylic acids is 1. The van der Waals surface area contributed by atoms with Gasteiger partial charge in [-0.25, -0.2) is 19.9 Å². The van der Waals surface area contributed by atoms with Gasteiger partial charge in [-0.15, -0.1) is 0 Å². The molecule has 148 valence electrons. The number of fused-ring (bicyclic) bond motifs is 2. The van der Waals surface area contributed by atoms with Gasteiger partial charge >= 0.3 is 0 Å². The van der Waals surface area contributed by atoms with Crippen LogP contribution in [0.3, 0.4) is 0 Å². The summed E-state index contributed by atoms with van der Waals surface area (Å²) in [6.45, 7) is 0.567. The van der Waals surface area contributed by atoms with Crippen LogP contribution in [0, 0.1) is 0 Å². The standard InChI is InChI=1S/C21H17N7O2/c29-19-11-18(14-7-9-22-12-24-14)26-20-16(4-2-10-28(19)20)27-21(30)17-6-5-13-15(25-17)3-1-8-23-13/h1,3,5-9,11-12,16H,2,4,10H2,(H,27,30). The molecule has 1 unspecified atom stereocenters. The summed E-state index contributed by atoms with van der Waals surface area (Å²) in [7, 11) is 0. The Kier molecular flexibility index (Phi) is 4.47. The number of pyridine rings is 2. The molecule has 1 N–H and O–H groups in total. The second-order valence-corrected chi connectivity index (χ2v) is 6.99. The van der Waals surface area contributed by atoms with Crippen LogP contribution in [0.1, 0.15) is 35.2 Å². The number of hydrogen-bond donors (Lipinski definition) is 1. The van der Waals surface area contributed by atoms with Gasteiger partial charge in [0.05, 0.1) is 28.5 Å². The largest absolute Gasteiger partial charge is 0.341 e. The van der Waals surface area contributed by atoms with Crippen LogP contribution in [0.2, 0.25) is 0 Å². The number of nitrogens with one attached hydrogen (secondary N) is 1. The number of rotatable bonds is 3. The predicted octanol–water partition coefficient (Wildman–Crippen LogP) is 1.91. The van der Waals surface area contributed by atoms with E-state index in [1.165, 1.54) is 12.4 Å². The van der Waals surface area contributed by atoms with E-state index in [1.54, 1.807) is 41.2 Å². The summed E-state index contributed by atoms with van der Waals surface area (Å²) < 4.78 is 1.61. The minimum Gasteiger partial charge on any atom is -0.341 e. The van der Waals surface area contributed by atoms with Crippen LogP contribution in [-0.2, 0) is 6.54 Å². The highest BCUT2D eigenvalue weighted by Crippen LogP contribution is 2.24. The van der Waals surface area contributed by atoms with E-state index in [4.69, 9.17) is 0 Å². The average molecular weight is 399 g/mol. The summed E-state index contributed by atoms with van der Waals surface area (Å²) in [6.07, 6.45) is 6.14. The Hall–Kier alpha value is -4.01. The van der Waals surface area contributed by atoms with Gasteiger partial charge < -0.3 is 5.32 Å². The van der Waals surface area contributed by atoms with Crippen LogP contribution < -0.4 is 10.9 Å². The van der Waals surface area contributed by atoms with Crippen LogP contribution in [0.25, 0.3) is 22.4 Å². The zero-order valence-electron chi connectivity index (χ0n) is 15.9. The van der Waals surface area contributed by atoms with Crippen molar-refractivity contribution in [2.45, 2.75) is 25.4 Å². The van der Waals surface area contributed by atoms with Crippen molar-refractivity contribution in [1.29, 1.82) is 0 Å². The van der Waals surface area contributed by atoms with Crippen LogP contribution >= 0.6 is 0 Å². The van der Waals surface area contributed by atoms with E-state index in [0.717, 1.165) is 11.9 Å². The summed E-state index contributed by atoms with van der Waals surface area (Å²) in [4.78, 5) is 46.9. The fourth-order valence-electron chi connectivity index (χ4n) is 3.62. The molecular weight excluding hydrogens is 382 g/mol. The Bertz CT molecular complexity index is 1300. The molecule has 1 aliphatic heterocycles. The van der Waals surface area contributed by atoms with Crippen molar-refractivity contribution in [1.82, 2.24) is 34.8 Å². The molecule has 9 heteroatoms. The van der Waals surface area contributed by atoms with Crippen molar-refractivity contribution in [2.24, 2.45) is 0 Å². The lowest BCUT2D eigenvalue weighted by Gasteiger charge is -2.26. The monoisotopic (exact) mass is 399 g/mol. The van der Waals surface area contributed by atoms with Gasteiger partial charge in [0.1, 0.15) is 17.8 Å². The summed E-state index contributed by atoms with van der Waals surface area (Å²) in [5.74, 6) is 0.207. The molecule has 0 bridgehead atoms. The topological polar surface area (TPSA) is 116 Å². The third kappa shape index (κ3) is 3.30. The summed E-state index contributed by atoms with van der Waals surface area (Å²) in [5, 5.41) is 2.99. The normalized spacial score (nSPS) is 15.5. The molecule has 9 nitrogen and oxygen atoms in total. The maximum atomic E-state index is 12.9. The lowest BCUT2D eigenvalue weighted by atomic mass is 10.1. The maximum Gasteiger partial charge on any atom is 0.270 e. The maximum absolute atomic E-state index is 12.9. The molecule has 5 heterocycles. The summed E-state index contributed by atoms with van der Waals surface area (Å²) in [6, 6.07) is 9.76. The molecular formula is C21H17N7O2. The van der Waals surface area contributed by atoms with E-state index in [9.17, 15) is 9.59 Å². The Morgan fingerprint density at radius 3 is 2.83 bits per heavy atom. The third-order valence-corrected chi connectivity index (χ3v) is 5.06. The molecule has 0 radical (unpaired) electrons. The van der Waals surface area contributed by atoms with E-state index in [-0.39, 0.29) is 11.5 Å². The van der Waals surface area contributed by atoms with Crippen molar-refractivity contribution in [3.05, 3.63) is 77.0 Å². The summed E-state index contributed by atoms with van der Waals surface area (Å²) in [5.41, 5.74) is 2.52. The molecule has 1 aliphatic rings. The molecule has 1 atom stereocenters. The SMILES string of the molecule is O=C(NC1CCCn2c1nc(-c1ccncn1)cc2=O)c1ccc2ncccc2n1. The first-order valence-electron chi connectivity index (χ1n) is 9.60. The first-order chi connectivity index (χ1) is 14.7. The van der Waals surface area contributed by atoms with Crippen molar-refractivity contribution in [3.63, 3.8) is 0 Å². The number of aromatic nitrogens is 6. The minimum atomic E-state index is -0.396. The molecule has 4 aromatic heterocycles. The summed E-state index contributed by atoms with van der Waals surface area (Å²) >= 11 is 0. The van der Waals surface area contributed by atoms with Crippen molar-refractivity contribution in [2.75, 3.05) is 0 Å². The zero-order valence-corrected chi connectivity index (χ0v) is 15.9. The van der Waals surface area contributed by atoms with Gasteiger partial charge in [0, 0.05) is 25.0 Å². The van der Waals surface area contributed by atoms with Gasteiger partial charge in [-0.05, 0) is 43.2 Å². The van der Waals surface area contributed by atoms with Gasteiger partial charge in [-0.3, -0.25) is 19.1 Å². The first-order valence-corrected chi connectivity index (χ1v) is 9.60. The Morgan fingerprint density at radius 2 is 1.97 bits per heavy atom. The number of amides is 1. The highest BCUT2D eigenvalue weighted by Gasteiger charge is 2.26. The van der Waals surface area contributed by atoms with E-state index in [0.29, 0.717) is 41.4 Å². The molecule has 0 saturated heterocycles. The van der Waals surface area contributed by atoms with E-state index in [1.807, 2.05) is 6.07 Å². The average Bonchev–Trinajstić information content (AvgIpc) is 2.79. The fraction of sp³-hybridized carbons (Fsp3) is 0.190. The molecule has 0 saturated carbocycles. The third-order valence-electron chi connectivity index (χ3n) is 5.06. The van der Waals surface area contributed by atoms with Gasteiger partial charge in [0.15, 0.2) is 0 Å². The number of carbonyl (C=O) groups is 1. The molecule has 0 aromatic carbocycles. The Balaban J connectivity index is 1.48.